The molecule has 3 fully saturated rings. The highest BCUT2D eigenvalue weighted by Gasteiger charge is 2.17. The van der Waals surface area contributed by atoms with E-state index in [-0.39, 0.29) is 0 Å². The Bertz CT molecular complexity index is 166. The number of nitrogens with zero attached hydrogens (tertiary/aromatic N) is 2. The SMILES string of the molecule is CC1CN(C)C1.CC1CN(C)C1.CC1COC1. The summed E-state index contributed by atoms with van der Waals surface area (Å²) >= 11 is 0. The third kappa shape index (κ3) is 6.39. The molecule has 0 N–H and O–H groups in total. The van der Waals surface area contributed by atoms with Crippen LogP contribution in [0.4, 0.5) is 0 Å². The van der Waals surface area contributed by atoms with Gasteiger partial charge < -0.3 is 14.5 Å². The Balaban J connectivity index is 0.000000128. The molecule has 3 aliphatic rings. The first-order chi connectivity index (χ1) is 7.97. The van der Waals surface area contributed by atoms with Gasteiger partial charge in [-0.3, -0.25) is 0 Å². The second kappa shape index (κ2) is 7.34. The maximum Gasteiger partial charge on any atom is 0.0513 e. The Morgan fingerprint density at radius 1 is 0.706 bits per heavy atom. The zero-order valence-corrected chi connectivity index (χ0v) is 12.3. The van der Waals surface area contributed by atoms with Gasteiger partial charge in [-0.15, -0.1) is 0 Å². The fraction of sp³-hybridized carbons (Fsp3) is 1.00. The lowest BCUT2D eigenvalue weighted by molar-refractivity contribution is -0.0221. The standard InChI is InChI=1S/2C5H11N.C4H8O/c2*1-5-3-6(2)4-5;1-4-2-5-3-4/h2*5H,3-4H2,1-2H3;4H,2-3H2,1H3. The Morgan fingerprint density at radius 3 is 1.00 bits per heavy atom. The number of rotatable bonds is 0. The van der Waals surface area contributed by atoms with E-state index in [1.807, 2.05) is 0 Å². The molecule has 0 bridgehead atoms. The topological polar surface area (TPSA) is 15.7 Å². The third-order valence-electron chi connectivity index (χ3n) is 3.30. The van der Waals surface area contributed by atoms with Crippen molar-refractivity contribution in [3.8, 4) is 0 Å². The largest absolute Gasteiger partial charge is 0.381 e. The van der Waals surface area contributed by atoms with Gasteiger partial charge in [-0.1, -0.05) is 20.8 Å². The second-order valence-corrected chi connectivity index (χ2v) is 6.30. The van der Waals surface area contributed by atoms with Crippen LogP contribution in [0, 0.1) is 17.8 Å². The van der Waals surface area contributed by atoms with Crippen LogP contribution in [0.2, 0.25) is 0 Å². The zero-order valence-electron chi connectivity index (χ0n) is 12.3. The summed E-state index contributed by atoms with van der Waals surface area (Å²) in [4.78, 5) is 4.65. The highest BCUT2D eigenvalue weighted by atomic mass is 16.5. The van der Waals surface area contributed by atoms with Crippen molar-refractivity contribution < 1.29 is 4.74 Å². The van der Waals surface area contributed by atoms with Crippen LogP contribution < -0.4 is 0 Å². The normalized spacial score (nSPS) is 26.6. The van der Waals surface area contributed by atoms with Gasteiger partial charge in [0.1, 0.15) is 0 Å². The Kier molecular flexibility index (Phi) is 6.45. The zero-order chi connectivity index (χ0) is 12.8. The monoisotopic (exact) mass is 242 g/mol. The molecule has 3 heteroatoms. The second-order valence-electron chi connectivity index (χ2n) is 6.30. The molecule has 0 unspecified atom stereocenters. The van der Waals surface area contributed by atoms with Crippen molar-refractivity contribution in [1.82, 2.24) is 9.80 Å². The molecule has 0 spiro atoms. The van der Waals surface area contributed by atoms with E-state index in [1.54, 1.807) is 0 Å². The molecule has 0 radical (unpaired) electrons. The van der Waals surface area contributed by atoms with E-state index >= 15 is 0 Å². The molecule has 3 heterocycles. The van der Waals surface area contributed by atoms with Crippen molar-refractivity contribution in [2.75, 3.05) is 53.5 Å². The summed E-state index contributed by atoms with van der Waals surface area (Å²) in [6.45, 7) is 13.9. The molecule has 0 aromatic rings. The number of hydrogen-bond acceptors (Lipinski definition) is 3. The van der Waals surface area contributed by atoms with Crippen LogP contribution in [0.15, 0.2) is 0 Å². The van der Waals surface area contributed by atoms with Gasteiger partial charge in [0.25, 0.3) is 0 Å². The Morgan fingerprint density at radius 2 is 1.00 bits per heavy atom. The van der Waals surface area contributed by atoms with Crippen molar-refractivity contribution in [2.24, 2.45) is 17.8 Å². The lowest BCUT2D eigenvalue weighted by atomic mass is 10.1. The summed E-state index contributed by atoms with van der Waals surface area (Å²) in [6.07, 6.45) is 0. The molecular formula is C14H30N2O. The number of likely N-dealkylation sites (tertiary alicyclic amines) is 2. The van der Waals surface area contributed by atoms with Crippen LogP contribution in [0.25, 0.3) is 0 Å². The first-order valence-corrected chi connectivity index (χ1v) is 6.92. The van der Waals surface area contributed by atoms with Crippen molar-refractivity contribution in [1.29, 1.82) is 0 Å². The van der Waals surface area contributed by atoms with Crippen LogP contribution >= 0.6 is 0 Å². The molecule has 0 aromatic heterocycles. The van der Waals surface area contributed by atoms with Crippen LogP contribution in [0.3, 0.4) is 0 Å². The lowest BCUT2D eigenvalue weighted by Crippen LogP contribution is -2.41. The van der Waals surface area contributed by atoms with Gasteiger partial charge >= 0.3 is 0 Å². The summed E-state index contributed by atoms with van der Waals surface area (Å²) in [6, 6.07) is 0. The summed E-state index contributed by atoms with van der Waals surface area (Å²) in [5.74, 6) is 2.78. The summed E-state index contributed by atoms with van der Waals surface area (Å²) in [7, 11) is 4.31. The van der Waals surface area contributed by atoms with Crippen LogP contribution in [0.5, 0.6) is 0 Å². The maximum absolute atomic E-state index is 4.83. The fourth-order valence-electron chi connectivity index (χ4n) is 2.37. The first-order valence-electron chi connectivity index (χ1n) is 6.92. The predicted octanol–water partition coefficient (Wildman–Crippen LogP) is 1.79. The van der Waals surface area contributed by atoms with E-state index in [2.05, 4.69) is 44.7 Å². The molecule has 0 atom stereocenters. The molecule has 3 aliphatic heterocycles. The van der Waals surface area contributed by atoms with Gasteiger partial charge in [0.15, 0.2) is 0 Å². The highest BCUT2D eigenvalue weighted by Crippen LogP contribution is 2.09. The number of hydrogen-bond donors (Lipinski definition) is 0. The number of ether oxygens (including phenoxy) is 1. The quantitative estimate of drug-likeness (QED) is 0.644. The van der Waals surface area contributed by atoms with E-state index in [0.717, 1.165) is 31.0 Å². The summed E-state index contributed by atoms with van der Waals surface area (Å²) in [5, 5.41) is 0. The van der Waals surface area contributed by atoms with E-state index in [0.29, 0.717) is 0 Å². The van der Waals surface area contributed by atoms with Gasteiger partial charge in [0.2, 0.25) is 0 Å². The molecule has 102 valence electrons. The molecule has 0 saturated carbocycles. The molecule has 3 saturated heterocycles. The van der Waals surface area contributed by atoms with Gasteiger partial charge in [-0.25, -0.2) is 0 Å². The average molecular weight is 242 g/mol. The van der Waals surface area contributed by atoms with Gasteiger partial charge in [-0.05, 0) is 25.9 Å². The van der Waals surface area contributed by atoms with Crippen LogP contribution in [0.1, 0.15) is 20.8 Å². The summed E-state index contributed by atoms with van der Waals surface area (Å²) in [5.41, 5.74) is 0. The van der Waals surface area contributed by atoms with Crippen molar-refractivity contribution in [2.45, 2.75) is 20.8 Å². The minimum atomic E-state index is 0.843. The molecular weight excluding hydrogens is 212 g/mol. The third-order valence-corrected chi connectivity index (χ3v) is 3.30. The minimum absolute atomic E-state index is 0.843. The molecule has 3 nitrogen and oxygen atoms in total. The fourth-order valence-corrected chi connectivity index (χ4v) is 2.37. The average Bonchev–Trinajstić information content (AvgIpc) is 2.13. The summed E-state index contributed by atoms with van der Waals surface area (Å²) < 4.78 is 4.83. The van der Waals surface area contributed by atoms with Crippen LogP contribution in [-0.4, -0.2) is 63.3 Å². The minimum Gasteiger partial charge on any atom is -0.381 e. The highest BCUT2D eigenvalue weighted by molar-refractivity contribution is 4.71. The Labute approximate surface area is 107 Å². The van der Waals surface area contributed by atoms with E-state index in [1.165, 1.54) is 26.2 Å². The lowest BCUT2D eigenvalue weighted by Gasteiger charge is -2.33. The molecule has 17 heavy (non-hydrogen) atoms. The van der Waals surface area contributed by atoms with E-state index < -0.39 is 0 Å². The predicted molar refractivity (Wildman–Crippen MR) is 73.3 cm³/mol. The van der Waals surface area contributed by atoms with Gasteiger partial charge in [0.05, 0.1) is 13.2 Å². The molecule has 0 aromatic carbocycles. The van der Waals surface area contributed by atoms with E-state index in [9.17, 15) is 0 Å². The van der Waals surface area contributed by atoms with Crippen molar-refractivity contribution in [3.05, 3.63) is 0 Å². The van der Waals surface area contributed by atoms with Crippen LogP contribution in [-0.2, 0) is 4.74 Å². The first kappa shape index (κ1) is 14.9. The molecule has 0 aliphatic carbocycles. The molecule has 0 amide bonds. The smallest absolute Gasteiger partial charge is 0.0513 e. The van der Waals surface area contributed by atoms with Crippen molar-refractivity contribution in [3.63, 3.8) is 0 Å². The van der Waals surface area contributed by atoms with E-state index in [4.69, 9.17) is 4.74 Å². The molecule has 3 rings (SSSR count). The van der Waals surface area contributed by atoms with Gasteiger partial charge in [-0.2, -0.15) is 0 Å². The Hall–Kier alpha value is -0.120. The van der Waals surface area contributed by atoms with Gasteiger partial charge in [0, 0.05) is 32.1 Å². The maximum atomic E-state index is 4.83. The van der Waals surface area contributed by atoms with Crippen molar-refractivity contribution >= 4 is 0 Å².